The molecule has 0 radical (unpaired) electrons. The van der Waals surface area contributed by atoms with Crippen LogP contribution in [-0.2, 0) is 0 Å². The molecular weight excluding hydrogens is 244 g/mol. The quantitative estimate of drug-likeness (QED) is 0.668. The third-order valence-electron chi connectivity index (χ3n) is 4.47. The van der Waals surface area contributed by atoms with Gasteiger partial charge >= 0.3 is 0 Å². The Hall–Kier alpha value is -1.78. The molecule has 2 aliphatic carbocycles. The van der Waals surface area contributed by atoms with Gasteiger partial charge in [0.1, 0.15) is 5.75 Å². The van der Waals surface area contributed by atoms with Gasteiger partial charge in [0.05, 0.1) is 17.7 Å². The van der Waals surface area contributed by atoms with Gasteiger partial charge in [0, 0.05) is 18.2 Å². The summed E-state index contributed by atoms with van der Waals surface area (Å²) in [5.74, 6) is 2.23. The van der Waals surface area contributed by atoms with Crippen LogP contribution in [0.5, 0.6) is 5.75 Å². The molecule has 0 saturated heterocycles. The number of anilines is 1. The van der Waals surface area contributed by atoms with Crippen LogP contribution >= 0.6 is 0 Å². The minimum Gasteiger partial charge on any atom is -0.495 e. The summed E-state index contributed by atoms with van der Waals surface area (Å²) < 4.78 is 5.29. The second-order valence-electron chi connectivity index (χ2n) is 5.57. The van der Waals surface area contributed by atoms with E-state index in [2.05, 4.69) is 5.32 Å². The van der Waals surface area contributed by atoms with Crippen molar-refractivity contribution in [3.05, 3.63) is 28.3 Å². The fourth-order valence-electron chi connectivity index (χ4n) is 3.54. The fourth-order valence-corrected chi connectivity index (χ4v) is 3.54. The van der Waals surface area contributed by atoms with Crippen LogP contribution < -0.4 is 10.1 Å². The van der Waals surface area contributed by atoms with Crippen LogP contribution in [0.4, 0.5) is 11.4 Å². The maximum Gasteiger partial charge on any atom is 0.271 e. The average Bonchev–Trinajstić information content (AvgIpc) is 3.01. The van der Waals surface area contributed by atoms with Crippen LogP contribution in [0.2, 0.25) is 0 Å². The Bertz CT molecular complexity index is 503. The molecule has 19 heavy (non-hydrogen) atoms. The smallest absolute Gasteiger partial charge is 0.271 e. The first kappa shape index (κ1) is 12.3. The van der Waals surface area contributed by atoms with Crippen LogP contribution in [0.3, 0.4) is 0 Å². The lowest BCUT2D eigenvalue weighted by Crippen LogP contribution is -2.26. The molecule has 1 aromatic carbocycles. The topological polar surface area (TPSA) is 64.4 Å². The summed E-state index contributed by atoms with van der Waals surface area (Å²) in [5.41, 5.74) is 0.848. The van der Waals surface area contributed by atoms with E-state index in [0.717, 1.165) is 11.6 Å². The molecule has 0 aromatic heterocycles. The number of hydrogen-bond acceptors (Lipinski definition) is 4. The number of ether oxygens (including phenoxy) is 1. The number of nitro benzene ring substituents is 1. The van der Waals surface area contributed by atoms with Crippen LogP contribution in [-0.4, -0.2) is 18.1 Å². The minimum absolute atomic E-state index is 0.103. The lowest BCUT2D eigenvalue weighted by Gasteiger charge is -2.24. The SMILES string of the molecule is COc1ccc([N+](=O)[O-])cc1NC1CC2CCC1C2. The molecule has 2 fully saturated rings. The second-order valence-corrected chi connectivity index (χ2v) is 5.57. The monoisotopic (exact) mass is 262 g/mol. The van der Waals surface area contributed by atoms with Crippen molar-refractivity contribution in [2.75, 3.05) is 12.4 Å². The largest absolute Gasteiger partial charge is 0.495 e. The first-order valence-corrected chi connectivity index (χ1v) is 6.76. The van der Waals surface area contributed by atoms with E-state index in [9.17, 15) is 10.1 Å². The van der Waals surface area contributed by atoms with Crippen LogP contribution in [0.1, 0.15) is 25.7 Å². The zero-order valence-corrected chi connectivity index (χ0v) is 11.0. The van der Waals surface area contributed by atoms with Gasteiger partial charge < -0.3 is 10.1 Å². The number of rotatable bonds is 4. The van der Waals surface area contributed by atoms with Gasteiger partial charge in [-0.15, -0.1) is 0 Å². The van der Waals surface area contributed by atoms with Gasteiger partial charge in [-0.25, -0.2) is 0 Å². The van der Waals surface area contributed by atoms with Crippen LogP contribution in [0.25, 0.3) is 0 Å². The third kappa shape index (κ3) is 2.25. The van der Waals surface area contributed by atoms with Gasteiger partial charge in [-0.05, 0) is 37.2 Å². The van der Waals surface area contributed by atoms with Crippen molar-refractivity contribution in [3.63, 3.8) is 0 Å². The van der Waals surface area contributed by atoms with Gasteiger partial charge in [-0.1, -0.05) is 6.42 Å². The molecule has 2 aliphatic rings. The highest BCUT2D eigenvalue weighted by Gasteiger charge is 2.39. The van der Waals surface area contributed by atoms with Gasteiger partial charge in [0.25, 0.3) is 5.69 Å². The maximum atomic E-state index is 10.9. The Morgan fingerprint density at radius 2 is 2.21 bits per heavy atom. The highest BCUT2D eigenvalue weighted by Crippen LogP contribution is 2.46. The predicted octanol–water partition coefficient (Wildman–Crippen LogP) is 3.20. The zero-order valence-electron chi connectivity index (χ0n) is 11.0. The Kier molecular flexibility index (Phi) is 3.05. The minimum atomic E-state index is -0.370. The van der Waals surface area contributed by atoms with Crippen LogP contribution in [0, 0.1) is 22.0 Å². The van der Waals surface area contributed by atoms with Crippen molar-refractivity contribution >= 4 is 11.4 Å². The van der Waals surface area contributed by atoms with E-state index in [1.54, 1.807) is 19.2 Å². The lowest BCUT2D eigenvalue weighted by molar-refractivity contribution is -0.384. The van der Waals surface area contributed by atoms with Gasteiger partial charge in [-0.2, -0.15) is 0 Å². The van der Waals surface area contributed by atoms with Crippen LogP contribution in [0.15, 0.2) is 18.2 Å². The predicted molar refractivity (Wildman–Crippen MR) is 72.5 cm³/mol. The van der Waals surface area contributed by atoms with E-state index in [1.807, 2.05) is 0 Å². The summed E-state index contributed by atoms with van der Waals surface area (Å²) in [6, 6.07) is 5.15. The summed E-state index contributed by atoms with van der Waals surface area (Å²) in [4.78, 5) is 10.5. The number of methoxy groups -OCH3 is 1. The number of non-ortho nitro benzene ring substituents is 1. The summed E-state index contributed by atoms with van der Waals surface area (Å²) in [6.07, 6.45) is 5.10. The van der Waals surface area contributed by atoms with Gasteiger partial charge in [0.15, 0.2) is 0 Å². The van der Waals surface area contributed by atoms with E-state index >= 15 is 0 Å². The molecule has 3 rings (SSSR count). The van der Waals surface area contributed by atoms with Gasteiger partial charge in [0.2, 0.25) is 0 Å². The Balaban J connectivity index is 1.82. The number of benzene rings is 1. The molecule has 5 nitrogen and oxygen atoms in total. The maximum absolute atomic E-state index is 10.9. The van der Waals surface area contributed by atoms with Gasteiger partial charge in [-0.3, -0.25) is 10.1 Å². The standard InChI is InChI=1S/C14H18N2O3/c1-19-14-5-4-11(16(17)18)8-13(14)15-12-7-9-2-3-10(12)6-9/h4-5,8-10,12,15H,2-3,6-7H2,1H3. The highest BCUT2D eigenvalue weighted by atomic mass is 16.6. The Labute approximate surface area is 112 Å². The molecule has 5 heteroatoms. The molecule has 2 bridgehead atoms. The van der Waals surface area contributed by atoms with E-state index in [1.165, 1.54) is 31.7 Å². The number of hydrogen-bond donors (Lipinski definition) is 1. The van der Waals surface area contributed by atoms with E-state index < -0.39 is 0 Å². The third-order valence-corrected chi connectivity index (χ3v) is 4.47. The number of fused-ring (bicyclic) bond motifs is 2. The second kappa shape index (κ2) is 4.72. The van der Waals surface area contributed by atoms with Crippen molar-refractivity contribution < 1.29 is 9.66 Å². The highest BCUT2D eigenvalue weighted by molar-refractivity contribution is 5.62. The summed E-state index contributed by atoms with van der Waals surface area (Å²) >= 11 is 0. The fraction of sp³-hybridized carbons (Fsp3) is 0.571. The lowest BCUT2D eigenvalue weighted by atomic mass is 9.95. The molecule has 0 aliphatic heterocycles. The normalized spacial score (nSPS) is 28.4. The molecule has 3 unspecified atom stereocenters. The van der Waals surface area contributed by atoms with Crippen molar-refractivity contribution in [2.24, 2.45) is 11.8 Å². The first-order chi connectivity index (χ1) is 9.17. The molecular formula is C14H18N2O3. The van der Waals surface area contributed by atoms with Crippen molar-refractivity contribution in [1.29, 1.82) is 0 Å². The Morgan fingerprint density at radius 3 is 2.79 bits per heavy atom. The molecule has 2 saturated carbocycles. The van der Waals surface area contributed by atoms with Crippen molar-refractivity contribution in [3.8, 4) is 5.75 Å². The number of nitrogens with zero attached hydrogens (tertiary/aromatic N) is 1. The van der Waals surface area contributed by atoms with E-state index in [0.29, 0.717) is 17.7 Å². The van der Waals surface area contributed by atoms with E-state index in [4.69, 9.17) is 4.74 Å². The summed E-state index contributed by atoms with van der Waals surface area (Å²) in [7, 11) is 1.59. The molecule has 3 atom stereocenters. The molecule has 1 aromatic rings. The average molecular weight is 262 g/mol. The Morgan fingerprint density at radius 1 is 1.37 bits per heavy atom. The molecule has 0 heterocycles. The molecule has 1 N–H and O–H groups in total. The zero-order chi connectivity index (χ0) is 13.4. The first-order valence-electron chi connectivity index (χ1n) is 6.76. The number of nitrogens with one attached hydrogen (secondary N) is 1. The van der Waals surface area contributed by atoms with E-state index in [-0.39, 0.29) is 10.6 Å². The van der Waals surface area contributed by atoms with Crippen molar-refractivity contribution in [1.82, 2.24) is 0 Å². The summed E-state index contributed by atoms with van der Waals surface area (Å²) in [5, 5.41) is 14.3. The van der Waals surface area contributed by atoms with Crippen molar-refractivity contribution in [2.45, 2.75) is 31.7 Å². The molecule has 102 valence electrons. The molecule has 0 spiro atoms. The number of nitro groups is 1. The summed E-state index contributed by atoms with van der Waals surface area (Å²) in [6.45, 7) is 0. The molecule has 0 amide bonds.